The van der Waals surface area contributed by atoms with Crippen molar-refractivity contribution < 1.29 is 0 Å². The summed E-state index contributed by atoms with van der Waals surface area (Å²) in [7, 11) is 0. The molecule has 2 aromatic rings. The van der Waals surface area contributed by atoms with E-state index in [1.54, 1.807) is 0 Å². The van der Waals surface area contributed by atoms with E-state index in [0.717, 1.165) is 16.7 Å². The number of anilines is 1. The summed E-state index contributed by atoms with van der Waals surface area (Å²) in [6.07, 6.45) is 8.21. The van der Waals surface area contributed by atoms with E-state index in [0.29, 0.717) is 12.0 Å². The average molecular weight is 230 g/mol. The van der Waals surface area contributed by atoms with Crippen LogP contribution in [0.2, 0.25) is 0 Å². The molecule has 17 heavy (non-hydrogen) atoms. The van der Waals surface area contributed by atoms with Gasteiger partial charge in [-0.15, -0.1) is 0 Å². The van der Waals surface area contributed by atoms with Crippen LogP contribution in [0.1, 0.15) is 43.7 Å². The van der Waals surface area contributed by atoms with Crippen molar-refractivity contribution in [3.8, 4) is 0 Å². The third-order valence-electron chi connectivity index (χ3n) is 3.63. The first kappa shape index (κ1) is 10.6. The van der Waals surface area contributed by atoms with Crippen molar-refractivity contribution >= 4 is 17.1 Å². The fourth-order valence-electron chi connectivity index (χ4n) is 2.80. The Hall–Kier alpha value is -1.58. The van der Waals surface area contributed by atoms with Crippen LogP contribution >= 0.6 is 0 Å². The van der Waals surface area contributed by atoms with Crippen molar-refractivity contribution in [1.82, 2.24) is 14.5 Å². The highest BCUT2D eigenvalue weighted by Gasteiger charge is 2.20. The van der Waals surface area contributed by atoms with Crippen LogP contribution in [0.15, 0.2) is 12.3 Å². The normalized spacial score (nSPS) is 17.7. The topological polar surface area (TPSA) is 56.7 Å². The number of rotatable bonds is 1. The van der Waals surface area contributed by atoms with Gasteiger partial charge in [-0.2, -0.15) is 0 Å². The fraction of sp³-hybridized carbons (Fsp3) is 0.538. The molecule has 0 amide bonds. The number of imidazole rings is 1. The number of hydrogen-bond acceptors (Lipinski definition) is 3. The Balaban J connectivity index is 2.11. The monoisotopic (exact) mass is 230 g/mol. The molecule has 0 spiro atoms. The molecule has 4 nitrogen and oxygen atoms in total. The summed E-state index contributed by atoms with van der Waals surface area (Å²) < 4.78 is 2.13. The van der Waals surface area contributed by atoms with Crippen LogP contribution in [0.4, 0.5) is 5.95 Å². The van der Waals surface area contributed by atoms with Gasteiger partial charge in [0.05, 0.1) is 0 Å². The Morgan fingerprint density at radius 3 is 2.82 bits per heavy atom. The first-order chi connectivity index (χ1) is 8.25. The Labute approximate surface area is 101 Å². The molecule has 0 radical (unpaired) electrons. The smallest absolute Gasteiger partial charge is 0.202 e. The minimum Gasteiger partial charge on any atom is -0.369 e. The SMILES string of the molecule is Cc1cnc2c(c1)nc(N)n2C1CCCCC1. The molecule has 0 atom stereocenters. The van der Waals surface area contributed by atoms with Crippen molar-refractivity contribution in [2.45, 2.75) is 45.1 Å². The molecule has 0 aromatic carbocycles. The maximum Gasteiger partial charge on any atom is 0.202 e. The second-order valence-electron chi connectivity index (χ2n) is 4.99. The minimum absolute atomic E-state index is 0.490. The number of pyridine rings is 1. The summed E-state index contributed by atoms with van der Waals surface area (Å²) >= 11 is 0. The van der Waals surface area contributed by atoms with Crippen LogP contribution in [0, 0.1) is 6.92 Å². The Morgan fingerprint density at radius 1 is 1.29 bits per heavy atom. The number of aromatic nitrogens is 3. The molecule has 3 rings (SSSR count). The van der Waals surface area contributed by atoms with Crippen LogP contribution in [0.25, 0.3) is 11.2 Å². The van der Waals surface area contributed by atoms with E-state index in [1.807, 2.05) is 13.1 Å². The zero-order chi connectivity index (χ0) is 11.8. The summed E-state index contributed by atoms with van der Waals surface area (Å²) in [5.74, 6) is 0.616. The van der Waals surface area contributed by atoms with Gasteiger partial charge in [-0.25, -0.2) is 9.97 Å². The fourth-order valence-corrected chi connectivity index (χ4v) is 2.80. The quantitative estimate of drug-likeness (QED) is 0.819. The van der Waals surface area contributed by atoms with Crippen molar-refractivity contribution in [2.75, 3.05) is 5.73 Å². The lowest BCUT2D eigenvalue weighted by molar-refractivity contribution is 0.362. The molecule has 2 N–H and O–H groups in total. The lowest BCUT2D eigenvalue weighted by atomic mass is 9.95. The van der Waals surface area contributed by atoms with Gasteiger partial charge in [0, 0.05) is 12.2 Å². The lowest BCUT2D eigenvalue weighted by Gasteiger charge is -2.24. The van der Waals surface area contributed by atoms with Crippen molar-refractivity contribution in [3.05, 3.63) is 17.8 Å². The summed E-state index contributed by atoms with van der Waals surface area (Å²) in [6, 6.07) is 2.54. The summed E-state index contributed by atoms with van der Waals surface area (Å²) in [5, 5.41) is 0. The van der Waals surface area contributed by atoms with E-state index >= 15 is 0 Å². The molecule has 2 aromatic heterocycles. The predicted octanol–water partition coefficient (Wildman–Crippen LogP) is 2.83. The molecule has 2 heterocycles. The first-order valence-corrected chi connectivity index (χ1v) is 6.36. The van der Waals surface area contributed by atoms with Crippen LogP contribution in [0.3, 0.4) is 0 Å². The van der Waals surface area contributed by atoms with E-state index < -0.39 is 0 Å². The number of nitrogens with zero attached hydrogens (tertiary/aromatic N) is 3. The second kappa shape index (κ2) is 4.02. The molecule has 4 heteroatoms. The Bertz CT molecular complexity index is 538. The predicted molar refractivity (Wildman–Crippen MR) is 68.8 cm³/mol. The number of aryl methyl sites for hydroxylation is 1. The third-order valence-corrected chi connectivity index (χ3v) is 3.63. The van der Waals surface area contributed by atoms with E-state index in [4.69, 9.17) is 5.73 Å². The van der Waals surface area contributed by atoms with Crippen molar-refractivity contribution in [3.63, 3.8) is 0 Å². The maximum absolute atomic E-state index is 6.05. The molecule has 90 valence electrons. The number of hydrogen-bond donors (Lipinski definition) is 1. The van der Waals surface area contributed by atoms with Gasteiger partial charge in [0.15, 0.2) is 5.65 Å². The van der Waals surface area contributed by atoms with Gasteiger partial charge in [0.25, 0.3) is 0 Å². The molecular weight excluding hydrogens is 212 g/mol. The zero-order valence-electron chi connectivity index (χ0n) is 10.2. The maximum atomic E-state index is 6.05. The van der Waals surface area contributed by atoms with Crippen LogP contribution in [-0.2, 0) is 0 Å². The summed E-state index contributed by atoms with van der Waals surface area (Å²) in [6.45, 7) is 2.03. The molecular formula is C13H18N4. The van der Waals surface area contributed by atoms with Crippen LogP contribution in [0.5, 0.6) is 0 Å². The highest BCUT2D eigenvalue weighted by Crippen LogP contribution is 2.32. The Morgan fingerprint density at radius 2 is 2.06 bits per heavy atom. The third kappa shape index (κ3) is 1.77. The molecule has 1 aliphatic carbocycles. The van der Waals surface area contributed by atoms with Gasteiger partial charge in [0.1, 0.15) is 5.52 Å². The highest BCUT2D eigenvalue weighted by molar-refractivity contribution is 5.74. The zero-order valence-corrected chi connectivity index (χ0v) is 10.2. The van der Waals surface area contributed by atoms with Gasteiger partial charge in [-0.05, 0) is 31.4 Å². The first-order valence-electron chi connectivity index (χ1n) is 6.36. The Kier molecular flexibility index (Phi) is 2.50. The summed E-state index contributed by atoms with van der Waals surface area (Å²) in [5.41, 5.74) is 9.05. The molecule has 0 unspecified atom stereocenters. The molecule has 1 fully saturated rings. The largest absolute Gasteiger partial charge is 0.369 e. The number of nitrogens with two attached hydrogens (primary N) is 1. The van der Waals surface area contributed by atoms with Crippen LogP contribution < -0.4 is 5.73 Å². The van der Waals surface area contributed by atoms with Gasteiger partial charge in [0.2, 0.25) is 5.95 Å². The molecule has 0 aliphatic heterocycles. The van der Waals surface area contributed by atoms with Gasteiger partial charge >= 0.3 is 0 Å². The van der Waals surface area contributed by atoms with Crippen LogP contribution in [-0.4, -0.2) is 14.5 Å². The van der Waals surface area contributed by atoms with E-state index in [-0.39, 0.29) is 0 Å². The molecule has 1 saturated carbocycles. The number of nitrogen functional groups attached to an aromatic ring is 1. The molecule has 1 aliphatic rings. The van der Waals surface area contributed by atoms with Gasteiger partial charge in [-0.1, -0.05) is 19.3 Å². The van der Waals surface area contributed by atoms with Gasteiger partial charge < -0.3 is 5.73 Å². The average Bonchev–Trinajstić information content (AvgIpc) is 2.65. The molecule has 0 saturated heterocycles. The standard InChI is InChI=1S/C13H18N4/c1-9-7-11-12(15-8-9)17(13(14)16-11)10-5-3-2-4-6-10/h7-8,10H,2-6H2,1H3,(H2,14,16). The lowest BCUT2D eigenvalue weighted by Crippen LogP contribution is -2.15. The second-order valence-corrected chi connectivity index (χ2v) is 4.99. The van der Waals surface area contributed by atoms with E-state index in [9.17, 15) is 0 Å². The van der Waals surface area contributed by atoms with E-state index in [1.165, 1.54) is 32.1 Å². The van der Waals surface area contributed by atoms with E-state index in [2.05, 4.69) is 20.6 Å². The highest BCUT2D eigenvalue weighted by atomic mass is 15.2. The summed E-state index contributed by atoms with van der Waals surface area (Å²) in [4.78, 5) is 8.92. The minimum atomic E-state index is 0.490. The van der Waals surface area contributed by atoms with Gasteiger partial charge in [-0.3, -0.25) is 4.57 Å². The number of fused-ring (bicyclic) bond motifs is 1. The van der Waals surface area contributed by atoms with Crippen molar-refractivity contribution in [1.29, 1.82) is 0 Å². The van der Waals surface area contributed by atoms with Crippen molar-refractivity contribution in [2.24, 2.45) is 0 Å². The molecule has 0 bridgehead atoms.